The predicted octanol–water partition coefficient (Wildman–Crippen LogP) is 4.64. The van der Waals surface area contributed by atoms with Crippen LogP contribution in [0.5, 0.6) is 5.75 Å². The summed E-state index contributed by atoms with van der Waals surface area (Å²) >= 11 is 0. The second-order valence-electron chi connectivity index (χ2n) is 7.62. The van der Waals surface area contributed by atoms with E-state index in [0.29, 0.717) is 0 Å². The standard InChI is InChI=1S/C19H24F3NO/c20-19(21,22)24-15-7-3-4-13(10-15)8-9-16-17-11-23(12-18(16)17)14-5-1-2-6-14/h3-4,7,10,14,16-18H,1-2,5-6,8-9,11-12H2. The fourth-order valence-corrected chi connectivity index (χ4v) is 4.91. The number of piperidine rings is 1. The Labute approximate surface area is 141 Å². The van der Waals surface area contributed by atoms with E-state index in [9.17, 15) is 13.2 Å². The zero-order chi connectivity index (χ0) is 16.7. The molecule has 2 atom stereocenters. The molecule has 132 valence electrons. The van der Waals surface area contributed by atoms with Gasteiger partial charge in [0.1, 0.15) is 5.75 Å². The van der Waals surface area contributed by atoms with Crippen LogP contribution in [0.3, 0.4) is 0 Å². The zero-order valence-corrected chi connectivity index (χ0v) is 13.8. The van der Waals surface area contributed by atoms with Crippen molar-refractivity contribution in [2.75, 3.05) is 13.1 Å². The lowest BCUT2D eigenvalue weighted by molar-refractivity contribution is -0.274. The Morgan fingerprint density at radius 1 is 1.08 bits per heavy atom. The van der Waals surface area contributed by atoms with Gasteiger partial charge in [-0.25, -0.2) is 0 Å². The number of likely N-dealkylation sites (tertiary alicyclic amines) is 1. The van der Waals surface area contributed by atoms with Crippen molar-refractivity contribution >= 4 is 0 Å². The van der Waals surface area contributed by atoms with Crippen molar-refractivity contribution < 1.29 is 17.9 Å². The number of benzene rings is 1. The lowest BCUT2D eigenvalue weighted by atomic mass is 10.0. The van der Waals surface area contributed by atoms with Crippen LogP contribution in [0.4, 0.5) is 13.2 Å². The third kappa shape index (κ3) is 3.56. The first-order chi connectivity index (χ1) is 11.5. The highest BCUT2D eigenvalue weighted by atomic mass is 19.4. The van der Waals surface area contributed by atoms with Crippen molar-refractivity contribution in [3.05, 3.63) is 29.8 Å². The molecule has 1 aromatic rings. The zero-order valence-electron chi connectivity index (χ0n) is 13.8. The number of aryl methyl sites for hydroxylation is 1. The van der Waals surface area contributed by atoms with Crippen molar-refractivity contribution in [1.29, 1.82) is 0 Å². The van der Waals surface area contributed by atoms with E-state index in [0.717, 1.165) is 42.2 Å². The molecule has 1 aliphatic heterocycles. The first-order valence-corrected chi connectivity index (χ1v) is 9.08. The van der Waals surface area contributed by atoms with Gasteiger partial charge in [0.05, 0.1) is 0 Å². The van der Waals surface area contributed by atoms with Gasteiger partial charge in [0.2, 0.25) is 0 Å². The molecule has 3 aliphatic rings. The van der Waals surface area contributed by atoms with Crippen LogP contribution in [0, 0.1) is 17.8 Å². The first-order valence-electron chi connectivity index (χ1n) is 9.08. The van der Waals surface area contributed by atoms with E-state index in [-0.39, 0.29) is 5.75 Å². The van der Waals surface area contributed by atoms with E-state index >= 15 is 0 Å². The van der Waals surface area contributed by atoms with Gasteiger partial charge < -0.3 is 4.74 Å². The lowest BCUT2D eigenvalue weighted by Gasteiger charge is -2.26. The minimum Gasteiger partial charge on any atom is -0.406 e. The van der Waals surface area contributed by atoms with E-state index in [1.807, 2.05) is 6.07 Å². The number of fused-ring (bicyclic) bond motifs is 1. The van der Waals surface area contributed by atoms with Crippen LogP contribution in [0.25, 0.3) is 0 Å². The van der Waals surface area contributed by atoms with Crippen LogP contribution in [0.15, 0.2) is 24.3 Å². The summed E-state index contributed by atoms with van der Waals surface area (Å²) in [5, 5.41) is 0. The summed E-state index contributed by atoms with van der Waals surface area (Å²) in [7, 11) is 0. The molecule has 2 aliphatic carbocycles. The van der Waals surface area contributed by atoms with Crippen molar-refractivity contribution in [3.8, 4) is 5.75 Å². The molecule has 0 radical (unpaired) electrons. The van der Waals surface area contributed by atoms with E-state index in [1.165, 1.54) is 50.9 Å². The Bertz CT molecular complexity index is 570. The molecule has 2 saturated carbocycles. The molecular weight excluding hydrogens is 315 g/mol. The number of hydrogen-bond donors (Lipinski definition) is 0. The van der Waals surface area contributed by atoms with E-state index in [1.54, 1.807) is 6.07 Å². The van der Waals surface area contributed by atoms with Gasteiger partial charge >= 0.3 is 6.36 Å². The molecule has 1 heterocycles. The summed E-state index contributed by atoms with van der Waals surface area (Å²) in [5.41, 5.74) is 0.939. The Balaban J connectivity index is 1.25. The molecule has 0 aromatic heterocycles. The lowest BCUT2D eigenvalue weighted by Crippen LogP contribution is -2.33. The molecule has 4 rings (SSSR count). The number of hydrogen-bond acceptors (Lipinski definition) is 2. The topological polar surface area (TPSA) is 12.5 Å². The van der Waals surface area contributed by atoms with Gasteiger partial charge in [-0.2, -0.15) is 0 Å². The number of rotatable bonds is 5. The number of halogens is 3. The summed E-state index contributed by atoms with van der Waals surface area (Å²) < 4.78 is 40.9. The van der Waals surface area contributed by atoms with Gasteiger partial charge in [-0.3, -0.25) is 4.90 Å². The molecule has 3 fully saturated rings. The van der Waals surface area contributed by atoms with Crippen LogP contribution in [-0.2, 0) is 6.42 Å². The summed E-state index contributed by atoms with van der Waals surface area (Å²) in [6.45, 7) is 2.49. The summed E-state index contributed by atoms with van der Waals surface area (Å²) in [5.74, 6) is 2.33. The smallest absolute Gasteiger partial charge is 0.406 e. The van der Waals surface area contributed by atoms with Crippen LogP contribution < -0.4 is 4.74 Å². The number of nitrogens with zero attached hydrogens (tertiary/aromatic N) is 1. The molecule has 5 heteroatoms. The molecule has 2 nitrogen and oxygen atoms in total. The maximum absolute atomic E-state index is 12.3. The highest BCUT2D eigenvalue weighted by molar-refractivity contribution is 5.29. The summed E-state index contributed by atoms with van der Waals surface area (Å²) in [6.07, 6.45) is 2.83. The summed E-state index contributed by atoms with van der Waals surface area (Å²) in [6, 6.07) is 7.26. The monoisotopic (exact) mass is 339 g/mol. The van der Waals surface area contributed by atoms with Crippen molar-refractivity contribution in [3.63, 3.8) is 0 Å². The van der Waals surface area contributed by atoms with Gasteiger partial charge in [-0.1, -0.05) is 25.0 Å². The maximum atomic E-state index is 12.3. The largest absolute Gasteiger partial charge is 0.573 e. The van der Waals surface area contributed by atoms with Gasteiger partial charge in [0.25, 0.3) is 0 Å². The minimum atomic E-state index is -4.62. The fraction of sp³-hybridized carbons (Fsp3) is 0.684. The second kappa shape index (κ2) is 6.25. The molecule has 2 unspecified atom stereocenters. The average molecular weight is 339 g/mol. The third-order valence-corrected chi connectivity index (χ3v) is 6.14. The number of ether oxygens (including phenoxy) is 1. The Hall–Kier alpha value is -1.23. The molecule has 0 spiro atoms. The Kier molecular flexibility index (Phi) is 4.23. The molecule has 1 saturated heterocycles. The third-order valence-electron chi connectivity index (χ3n) is 6.14. The first kappa shape index (κ1) is 16.2. The quantitative estimate of drug-likeness (QED) is 0.775. The van der Waals surface area contributed by atoms with Crippen LogP contribution >= 0.6 is 0 Å². The molecule has 0 bridgehead atoms. The fourth-order valence-electron chi connectivity index (χ4n) is 4.91. The van der Waals surface area contributed by atoms with Crippen LogP contribution in [0.1, 0.15) is 37.7 Å². The van der Waals surface area contributed by atoms with Crippen molar-refractivity contribution in [1.82, 2.24) is 4.90 Å². The molecular formula is C19H24F3NO. The SMILES string of the molecule is FC(F)(F)Oc1cccc(CCC2C3CN(C4CCCC4)CC23)c1. The summed E-state index contributed by atoms with van der Waals surface area (Å²) in [4.78, 5) is 2.69. The molecule has 24 heavy (non-hydrogen) atoms. The maximum Gasteiger partial charge on any atom is 0.573 e. The molecule has 0 amide bonds. The predicted molar refractivity (Wildman–Crippen MR) is 85.7 cm³/mol. The van der Waals surface area contributed by atoms with E-state index < -0.39 is 6.36 Å². The molecule has 1 aromatic carbocycles. The van der Waals surface area contributed by atoms with Gasteiger partial charge in [-0.15, -0.1) is 13.2 Å². The van der Waals surface area contributed by atoms with E-state index in [2.05, 4.69) is 9.64 Å². The van der Waals surface area contributed by atoms with Gasteiger partial charge in [-0.05, 0) is 61.1 Å². The Morgan fingerprint density at radius 2 is 1.79 bits per heavy atom. The van der Waals surface area contributed by atoms with Crippen LogP contribution in [-0.4, -0.2) is 30.4 Å². The number of alkyl halides is 3. The molecule has 0 N–H and O–H groups in total. The van der Waals surface area contributed by atoms with Crippen molar-refractivity contribution in [2.45, 2.75) is 50.9 Å². The normalized spacial score (nSPS) is 30.5. The van der Waals surface area contributed by atoms with E-state index in [4.69, 9.17) is 0 Å². The second-order valence-corrected chi connectivity index (χ2v) is 7.62. The highest BCUT2D eigenvalue weighted by Crippen LogP contribution is 2.55. The highest BCUT2D eigenvalue weighted by Gasteiger charge is 2.55. The average Bonchev–Trinajstić information content (AvgIpc) is 2.95. The van der Waals surface area contributed by atoms with Crippen molar-refractivity contribution in [2.24, 2.45) is 17.8 Å². The minimum absolute atomic E-state index is 0.108. The Morgan fingerprint density at radius 3 is 2.46 bits per heavy atom. The van der Waals surface area contributed by atoms with Crippen LogP contribution in [0.2, 0.25) is 0 Å². The van der Waals surface area contributed by atoms with Gasteiger partial charge in [0.15, 0.2) is 0 Å². The van der Waals surface area contributed by atoms with Gasteiger partial charge in [0, 0.05) is 19.1 Å².